The van der Waals surface area contributed by atoms with Crippen LogP contribution in [0.5, 0.6) is 5.75 Å². The molecule has 1 aromatic heterocycles. The van der Waals surface area contributed by atoms with Gasteiger partial charge in [0.1, 0.15) is 11.6 Å². The summed E-state index contributed by atoms with van der Waals surface area (Å²) in [6.07, 6.45) is 2.47. The van der Waals surface area contributed by atoms with Crippen LogP contribution in [0.1, 0.15) is 11.3 Å². The normalized spacial score (nSPS) is 10.6. The molecule has 0 saturated carbocycles. The van der Waals surface area contributed by atoms with Gasteiger partial charge in [-0.25, -0.2) is 4.39 Å². The van der Waals surface area contributed by atoms with Crippen LogP contribution >= 0.6 is 0 Å². The van der Waals surface area contributed by atoms with Gasteiger partial charge in [0.15, 0.2) is 0 Å². The molecule has 0 aliphatic rings. The Morgan fingerprint density at radius 1 is 1.39 bits per heavy atom. The molecule has 0 atom stereocenters. The van der Waals surface area contributed by atoms with Gasteiger partial charge in [-0.2, -0.15) is 5.10 Å². The third kappa shape index (κ3) is 2.87. The number of halogens is 1. The summed E-state index contributed by atoms with van der Waals surface area (Å²) < 4.78 is 20.7. The number of benzene rings is 1. The van der Waals surface area contributed by atoms with Gasteiger partial charge in [0.2, 0.25) is 0 Å². The predicted octanol–water partition coefficient (Wildman–Crippen LogP) is 1.64. The maximum Gasteiger partial charge on any atom is 0.131 e. The van der Waals surface area contributed by atoms with Gasteiger partial charge >= 0.3 is 0 Å². The summed E-state index contributed by atoms with van der Waals surface area (Å²) in [7, 11) is 1.88. The second-order valence-corrected chi connectivity index (χ2v) is 4.00. The van der Waals surface area contributed by atoms with E-state index in [4.69, 9.17) is 10.5 Å². The van der Waals surface area contributed by atoms with Gasteiger partial charge in [-0.3, -0.25) is 4.68 Å². The van der Waals surface area contributed by atoms with Crippen molar-refractivity contribution in [2.45, 2.75) is 13.0 Å². The summed E-state index contributed by atoms with van der Waals surface area (Å²) in [5.41, 5.74) is 6.96. The van der Waals surface area contributed by atoms with Crippen molar-refractivity contribution in [2.24, 2.45) is 12.8 Å². The number of nitrogens with zero attached hydrogens (tertiary/aromatic N) is 2. The summed E-state index contributed by atoms with van der Waals surface area (Å²) in [6.45, 7) is 0.683. The molecule has 0 saturated heterocycles. The SMILES string of the molecule is Cn1nccc1CCOc1ccc(CN)c(F)c1. The van der Waals surface area contributed by atoms with Gasteiger partial charge < -0.3 is 10.5 Å². The highest BCUT2D eigenvalue weighted by molar-refractivity contribution is 5.28. The third-order valence-electron chi connectivity index (χ3n) is 2.79. The summed E-state index contributed by atoms with van der Waals surface area (Å²) >= 11 is 0. The van der Waals surface area contributed by atoms with Crippen LogP contribution in [0.25, 0.3) is 0 Å². The van der Waals surface area contributed by atoms with Crippen LogP contribution in [0.15, 0.2) is 30.5 Å². The van der Waals surface area contributed by atoms with E-state index in [1.54, 1.807) is 23.0 Å². The maximum absolute atomic E-state index is 13.4. The quantitative estimate of drug-likeness (QED) is 0.876. The lowest BCUT2D eigenvalue weighted by Crippen LogP contribution is -2.06. The third-order valence-corrected chi connectivity index (χ3v) is 2.79. The molecule has 18 heavy (non-hydrogen) atoms. The fourth-order valence-corrected chi connectivity index (χ4v) is 1.70. The van der Waals surface area contributed by atoms with Crippen LogP contribution in [0, 0.1) is 5.82 Å². The van der Waals surface area contributed by atoms with E-state index in [-0.39, 0.29) is 12.4 Å². The van der Waals surface area contributed by atoms with Crippen LogP contribution in [-0.2, 0) is 20.0 Å². The fourth-order valence-electron chi connectivity index (χ4n) is 1.70. The van der Waals surface area contributed by atoms with Gasteiger partial charge in [0, 0.05) is 43.5 Å². The van der Waals surface area contributed by atoms with Crippen molar-refractivity contribution in [1.29, 1.82) is 0 Å². The van der Waals surface area contributed by atoms with Gasteiger partial charge in [-0.1, -0.05) is 6.07 Å². The molecule has 0 radical (unpaired) electrons. The topological polar surface area (TPSA) is 53.1 Å². The summed E-state index contributed by atoms with van der Waals surface area (Å²) in [5, 5.41) is 4.07. The number of aryl methyl sites for hydroxylation is 1. The maximum atomic E-state index is 13.4. The first-order valence-electron chi connectivity index (χ1n) is 5.79. The Labute approximate surface area is 105 Å². The Morgan fingerprint density at radius 3 is 2.83 bits per heavy atom. The van der Waals surface area contributed by atoms with E-state index in [0.717, 1.165) is 12.1 Å². The Kier molecular flexibility index (Phi) is 3.94. The highest BCUT2D eigenvalue weighted by Gasteiger charge is 2.03. The lowest BCUT2D eigenvalue weighted by atomic mass is 10.2. The number of hydrogen-bond donors (Lipinski definition) is 1. The highest BCUT2D eigenvalue weighted by atomic mass is 19.1. The Balaban J connectivity index is 1.91. The molecule has 0 spiro atoms. The minimum atomic E-state index is -0.324. The van der Waals surface area contributed by atoms with Crippen molar-refractivity contribution in [3.05, 3.63) is 47.5 Å². The average Bonchev–Trinajstić information content (AvgIpc) is 2.75. The smallest absolute Gasteiger partial charge is 0.131 e. The molecule has 1 aromatic carbocycles. The van der Waals surface area contributed by atoms with Crippen LogP contribution in [0.3, 0.4) is 0 Å². The van der Waals surface area contributed by atoms with Crippen LogP contribution in [0.2, 0.25) is 0 Å². The molecule has 5 heteroatoms. The monoisotopic (exact) mass is 249 g/mol. The number of nitrogens with two attached hydrogens (primary N) is 1. The van der Waals surface area contributed by atoms with Gasteiger partial charge in [-0.05, 0) is 12.1 Å². The first kappa shape index (κ1) is 12.6. The molecule has 4 nitrogen and oxygen atoms in total. The first-order chi connectivity index (χ1) is 8.70. The predicted molar refractivity (Wildman–Crippen MR) is 66.7 cm³/mol. The molecule has 0 aliphatic heterocycles. The molecule has 96 valence electrons. The number of rotatable bonds is 5. The highest BCUT2D eigenvalue weighted by Crippen LogP contribution is 2.16. The molecule has 2 aromatic rings. The van der Waals surface area contributed by atoms with E-state index in [2.05, 4.69) is 5.10 Å². The summed E-state index contributed by atoms with van der Waals surface area (Å²) in [6, 6.07) is 6.68. The minimum absolute atomic E-state index is 0.196. The molecule has 0 unspecified atom stereocenters. The van der Waals surface area contributed by atoms with E-state index in [1.807, 2.05) is 13.1 Å². The second-order valence-electron chi connectivity index (χ2n) is 4.00. The second kappa shape index (κ2) is 5.64. The van der Waals surface area contributed by atoms with Crippen molar-refractivity contribution in [2.75, 3.05) is 6.61 Å². The molecule has 0 aliphatic carbocycles. The zero-order valence-corrected chi connectivity index (χ0v) is 10.3. The van der Waals surface area contributed by atoms with Crippen molar-refractivity contribution in [1.82, 2.24) is 9.78 Å². The number of ether oxygens (including phenoxy) is 1. The van der Waals surface area contributed by atoms with Crippen molar-refractivity contribution in [3.8, 4) is 5.75 Å². The van der Waals surface area contributed by atoms with Gasteiger partial charge in [-0.15, -0.1) is 0 Å². The first-order valence-corrected chi connectivity index (χ1v) is 5.79. The molecule has 2 N–H and O–H groups in total. The number of hydrogen-bond acceptors (Lipinski definition) is 3. The van der Waals surface area contributed by atoms with Gasteiger partial charge in [0.05, 0.1) is 6.61 Å². The number of aromatic nitrogens is 2. The van der Waals surface area contributed by atoms with Crippen LogP contribution in [0.4, 0.5) is 4.39 Å². The molecule has 0 fully saturated rings. The lowest BCUT2D eigenvalue weighted by Gasteiger charge is -2.08. The molecule has 2 rings (SSSR count). The van der Waals surface area contributed by atoms with Crippen molar-refractivity contribution >= 4 is 0 Å². The summed E-state index contributed by atoms with van der Waals surface area (Å²) in [4.78, 5) is 0. The largest absolute Gasteiger partial charge is 0.493 e. The Hall–Kier alpha value is -1.88. The standard InChI is InChI=1S/C13H16FN3O/c1-17-11(4-6-16-17)5-7-18-12-3-2-10(9-15)13(14)8-12/h2-4,6,8H,5,7,9,15H2,1H3. The van der Waals surface area contributed by atoms with Crippen molar-refractivity contribution < 1.29 is 9.13 Å². The molecule has 1 heterocycles. The van der Waals surface area contributed by atoms with E-state index in [1.165, 1.54) is 6.07 Å². The van der Waals surface area contributed by atoms with E-state index >= 15 is 0 Å². The van der Waals surface area contributed by atoms with Crippen molar-refractivity contribution in [3.63, 3.8) is 0 Å². The Morgan fingerprint density at radius 2 is 2.22 bits per heavy atom. The van der Waals surface area contributed by atoms with E-state index in [9.17, 15) is 4.39 Å². The van der Waals surface area contributed by atoms with Crippen LogP contribution < -0.4 is 10.5 Å². The summed E-state index contributed by atoms with van der Waals surface area (Å²) in [5.74, 6) is 0.197. The lowest BCUT2D eigenvalue weighted by molar-refractivity contribution is 0.316. The molecular weight excluding hydrogens is 233 g/mol. The fraction of sp³-hybridized carbons (Fsp3) is 0.308. The van der Waals surface area contributed by atoms with Crippen LogP contribution in [-0.4, -0.2) is 16.4 Å². The average molecular weight is 249 g/mol. The zero-order chi connectivity index (χ0) is 13.0. The van der Waals surface area contributed by atoms with E-state index < -0.39 is 0 Å². The zero-order valence-electron chi connectivity index (χ0n) is 10.3. The minimum Gasteiger partial charge on any atom is -0.493 e. The van der Waals surface area contributed by atoms with Gasteiger partial charge in [0.25, 0.3) is 0 Å². The molecule has 0 bridgehead atoms. The molecule has 0 amide bonds. The van der Waals surface area contributed by atoms with E-state index in [0.29, 0.717) is 17.9 Å². The molecular formula is C13H16FN3O. The Bertz CT molecular complexity index is 525.